The molecule has 2 N–H and O–H groups in total. The van der Waals surface area contributed by atoms with E-state index in [1.165, 1.54) is 4.21 Å². The lowest BCUT2D eigenvalue weighted by Gasteiger charge is -2.32. The van der Waals surface area contributed by atoms with Crippen LogP contribution in [0.5, 0.6) is 0 Å². The zero-order chi connectivity index (χ0) is 16.9. The molecule has 0 unspecified atom stereocenters. The van der Waals surface area contributed by atoms with Crippen LogP contribution in [-0.4, -0.2) is 44.6 Å². The van der Waals surface area contributed by atoms with Crippen LogP contribution in [0.4, 0.5) is 0 Å². The van der Waals surface area contributed by atoms with Crippen molar-refractivity contribution in [3.63, 3.8) is 0 Å². The van der Waals surface area contributed by atoms with Gasteiger partial charge >= 0.3 is 0 Å². The fourth-order valence-corrected chi connectivity index (χ4v) is 5.01. The van der Waals surface area contributed by atoms with Crippen LogP contribution in [0.1, 0.15) is 35.1 Å². The number of amides is 1. The predicted octanol–water partition coefficient (Wildman–Crippen LogP) is 2.46. The summed E-state index contributed by atoms with van der Waals surface area (Å²) in [6, 6.07) is 4.01. The molecule has 2 aromatic heterocycles. The summed E-state index contributed by atoms with van der Waals surface area (Å²) in [5.74, 6) is 1.61. The number of carbonyl (C=O) groups excluding carboxylic acids is 1. The van der Waals surface area contributed by atoms with Gasteiger partial charge in [0.15, 0.2) is 0 Å². The number of hydrogen-bond donors (Lipinski definition) is 1. The molecule has 3 rings (SSSR count). The topological polar surface area (TPSA) is 77.0 Å². The lowest BCUT2D eigenvalue weighted by atomic mass is 9.98. The molecule has 2 aromatic rings. The molecule has 1 aliphatic heterocycles. The minimum Gasteiger partial charge on any atom is -0.338 e. The molecule has 0 spiro atoms. The third kappa shape index (κ3) is 4.17. The molecule has 3 heterocycles. The van der Waals surface area contributed by atoms with Crippen LogP contribution in [0.2, 0.25) is 0 Å². The van der Waals surface area contributed by atoms with Gasteiger partial charge in [-0.1, -0.05) is 12.1 Å². The Hall–Kier alpha value is -1.38. The summed E-state index contributed by atoms with van der Waals surface area (Å²) in [7, 11) is 0. The predicted molar refractivity (Wildman–Crippen MR) is 97.3 cm³/mol. The Balaban J connectivity index is 1.60. The van der Waals surface area contributed by atoms with Crippen molar-refractivity contribution in [1.29, 1.82) is 0 Å². The highest BCUT2D eigenvalue weighted by Gasteiger charge is 2.26. The maximum atomic E-state index is 12.7. The molecule has 1 amide bonds. The Morgan fingerprint density at radius 3 is 3.12 bits per heavy atom. The van der Waals surface area contributed by atoms with Crippen molar-refractivity contribution in [1.82, 2.24) is 19.9 Å². The molecule has 1 atom stereocenters. The zero-order valence-electron chi connectivity index (χ0n) is 13.9. The van der Waals surface area contributed by atoms with Crippen LogP contribution >= 0.6 is 23.1 Å². The van der Waals surface area contributed by atoms with E-state index in [2.05, 4.69) is 23.3 Å². The van der Waals surface area contributed by atoms with E-state index >= 15 is 0 Å². The fourth-order valence-electron chi connectivity index (χ4n) is 3.00. The van der Waals surface area contributed by atoms with E-state index in [1.54, 1.807) is 23.1 Å². The molecular formula is C16H23N5OS2. The van der Waals surface area contributed by atoms with Gasteiger partial charge in [0.2, 0.25) is 0 Å². The number of likely N-dealkylation sites (tertiary alicyclic amines) is 1. The van der Waals surface area contributed by atoms with Gasteiger partial charge in [-0.2, -0.15) is 0 Å². The maximum Gasteiger partial charge on any atom is 0.263 e. The Kier molecular flexibility index (Phi) is 5.91. The van der Waals surface area contributed by atoms with Gasteiger partial charge in [-0.15, -0.1) is 28.2 Å². The SMILES string of the molecule is CCSc1ccc(C(=O)N2CCC[C@@H](Cn3cc(CN)nn3)C2)s1. The van der Waals surface area contributed by atoms with E-state index in [9.17, 15) is 4.79 Å². The number of carbonyl (C=O) groups is 1. The lowest BCUT2D eigenvalue weighted by molar-refractivity contribution is 0.0664. The van der Waals surface area contributed by atoms with Gasteiger partial charge in [-0.05, 0) is 36.6 Å². The van der Waals surface area contributed by atoms with E-state index in [4.69, 9.17) is 5.73 Å². The lowest BCUT2D eigenvalue weighted by Crippen LogP contribution is -2.40. The smallest absolute Gasteiger partial charge is 0.263 e. The standard InChI is InChI=1S/C16H23N5OS2/c1-2-23-15-6-5-14(24-15)16(22)20-7-3-4-12(9-20)10-21-11-13(8-17)18-19-21/h5-6,11-12H,2-4,7-10,17H2,1H3/t12-/m1/s1. The van der Waals surface area contributed by atoms with Gasteiger partial charge in [0.1, 0.15) is 0 Å². The first-order chi connectivity index (χ1) is 11.7. The maximum absolute atomic E-state index is 12.7. The van der Waals surface area contributed by atoms with Gasteiger partial charge in [-0.25, -0.2) is 0 Å². The van der Waals surface area contributed by atoms with Gasteiger partial charge in [0, 0.05) is 32.4 Å². The minimum atomic E-state index is 0.161. The summed E-state index contributed by atoms with van der Waals surface area (Å²) in [4.78, 5) is 15.6. The molecule has 0 saturated carbocycles. The van der Waals surface area contributed by atoms with Gasteiger partial charge in [0.25, 0.3) is 5.91 Å². The molecule has 1 saturated heterocycles. The van der Waals surface area contributed by atoms with Crippen molar-refractivity contribution in [2.24, 2.45) is 11.7 Å². The molecule has 0 aliphatic carbocycles. The number of piperidine rings is 1. The van der Waals surface area contributed by atoms with Crippen LogP contribution in [0.25, 0.3) is 0 Å². The number of hydrogen-bond acceptors (Lipinski definition) is 6. The second-order valence-corrected chi connectivity index (χ2v) is 8.60. The van der Waals surface area contributed by atoms with E-state index in [0.29, 0.717) is 12.5 Å². The number of nitrogens with zero attached hydrogens (tertiary/aromatic N) is 4. The van der Waals surface area contributed by atoms with Crippen molar-refractivity contribution < 1.29 is 4.79 Å². The molecule has 0 bridgehead atoms. The minimum absolute atomic E-state index is 0.161. The van der Waals surface area contributed by atoms with Crippen molar-refractivity contribution in [2.75, 3.05) is 18.8 Å². The fraction of sp³-hybridized carbons (Fsp3) is 0.562. The molecule has 8 heteroatoms. The number of rotatable bonds is 6. The summed E-state index contributed by atoms with van der Waals surface area (Å²) in [6.07, 6.45) is 4.05. The quantitative estimate of drug-likeness (QED) is 0.796. The highest BCUT2D eigenvalue weighted by molar-refractivity contribution is 8.01. The second-order valence-electron chi connectivity index (χ2n) is 5.95. The largest absolute Gasteiger partial charge is 0.338 e. The molecule has 1 aliphatic rings. The van der Waals surface area contributed by atoms with Crippen molar-refractivity contribution >= 4 is 29.0 Å². The first kappa shape index (κ1) is 17.4. The first-order valence-electron chi connectivity index (χ1n) is 8.30. The molecule has 0 radical (unpaired) electrons. The Labute approximate surface area is 150 Å². The molecule has 6 nitrogen and oxygen atoms in total. The second kappa shape index (κ2) is 8.13. The van der Waals surface area contributed by atoms with Gasteiger partial charge in [0.05, 0.1) is 14.8 Å². The number of nitrogens with two attached hydrogens (primary N) is 1. The molecule has 24 heavy (non-hydrogen) atoms. The molecule has 0 aromatic carbocycles. The van der Waals surface area contributed by atoms with E-state index in [1.807, 2.05) is 21.8 Å². The Bertz CT molecular complexity index is 684. The average molecular weight is 366 g/mol. The van der Waals surface area contributed by atoms with E-state index in [0.717, 1.165) is 48.8 Å². The third-order valence-corrected chi connectivity index (χ3v) is 6.31. The zero-order valence-corrected chi connectivity index (χ0v) is 15.5. The summed E-state index contributed by atoms with van der Waals surface area (Å²) in [6.45, 7) is 4.95. The molecular weight excluding hydrogens is 342 g/mol. The van der Waals surface area contributed by atoms with E-state index < -0.39 is 0 Å². The van der Waals surface area contributed by atoms with Crippen LogP contribution < -0.4 is 5.73 Å². The average Bonchev–Trinajstić information content (AvgIpc) is 3.24. The summed E-state index contributed by atoms with van der Waals surface area (Å²) >= 11 is 3.39. The third-order valence-electron chi connectivity index (χ3n) is 4.13. The number of aromatic nitrogens is 3. The first-order valence-corrected chi connectivity index (χ1v) is 10.1. The van der Waals surface area contributed by atoms with Crippen molar-refractivity contribution in [2.45, 2.75) is 37.1 Å². The van der Waals surface area contributed by atoms with Crippen LogP contribution in [0.15, 0.2) is 22.5 Å². The van der Waals surface area contributed by atoms with E-state index in [-0.39, 0.29) is 5.91 Å². The van der Waals surface area contributed by atoms with Crippen LogP contribution in [-0.2, 0) is 13.1 Å². The molecule has 130 valence electrons. The van der Waals surface area contributed by atoms with Crippen LogP contribution in [0, 0.1) is 5.92 Å². The van der Waals surface area contributed by atoms with Gasteiger partial charge < -0.3 is 10.6 Å². The Morgan fingerprint density at radius 1 is 1.50 bits per heavy atom. The monoisotopic (exact) mass is 365 g/mol. The highest BCUT2D eigenvalue weighted by Crippen LogP contribution is 2.29. The van der Waals surface area contributed by atoms with Crippen molar-refractivity contribution in [3.8, 4) is 0 Å². The Morgan fingerprint density at radius 2 is 2.38 bits per heavy atom. The van der Waals surface area contributed by atoms with Gasteiger partial charge in [-0.3, -0.25) is 9.48 Å². The number of thioether (sulfide) groups is 1. The highest BCUT2D eigenvalue weighted by atomic mass is 32.2. The molecule has 1 fully saturated rings. The number of thiophene rings is 1. The van der Waals surface area contributed by atoms with Crippen molar-refractivity contribution in [3.05, 3.63) is 28.9 Å². The summed E-state index contributed by atoms with van der Waals surface area (Å²) < 4.78 is 3.06. The normalized spacial score (nSPS) is 18.1. The van der Waals surface area contributed by atoms with Crippen LogP contribution in [0.3, 0.4) is 0 Å². The summed E-state index contributed by atoms with van der Waals surface area (Å²) in [5, 5.41) is 8.14. The summed E-state index contributed by atoms with van der Waals surface area (Å²) in [5.41, 5.74) is 6.38.